The van der Waals surface area contributed by atoms with Gasteiger partial charge in [-0.3, -0.25) is 0 Å². The summed E-state index contributed by atoms with van der Waals surface area (Å²) in [6.45, 7) is 8.23. The van der Waals surface area contributed by atoms with Crippen LogP contribution in [0.2, 0.25) is 0 Å². The fraction of sp³-hybridized carbons (Fsp3) is 0.875. The highest BCUT2D eigenvalue weighted by molar-refractivity contribution is 5.55. The highest BCUT2D eigenvalue weighted by Gasteiger charge is 2.48. The smallest absolute Gasteiger partial charge is 0.172 e. The van der Waals surface area contributed by atoms with Crippen LogP contribution in [0.4, 0.5) is 0 Å². The van der Waals surface area contributed by atoms with Gasteiger partial charge in [0.2, 0.25) is 0 Å². The van der Waals surface area contributed by atoms with Crippen molar-refractivity contribution in [2.45, 2.75) is 39.7 Å². The molecule has 0 N–H and O–H groups in total. The summed E-state index contributed by atoms with van der Waals surface area (Å²) >= 11 is 0. The Morgan fingerprint density at radius 3 is 1.90 bits per heavy atom. The SMILES string of the molecule is CC1(C)CC=[N+]([O-])C1(C)C. The van der Waals surface area contributed by atoms with E-state index in [9.17, 15) is 5.21 Å². The molecule has 0 aromatic carbocycles. The molecule has 0 aliphatic carbocycles. The van der Waals surface area contributed by atoms with Gasteiger partial charge in [-0.1, -0.05) is 13.8 Å². The lowest BCUT2D eigenvalue weighted by atomic mass is 9.75. The van der Waals surface area contributed by atoms with Crippen LogP contribution < -0.4 is 0 Å². The first kappa shape index (κ1) is 7.58. The zero-order valence-electron chi connectivity index (χ0n) is 7.14. The summed E-state index contributed by atoms with van der Waals surface area (Å²) in [5.41, 5.74) is -0.109. The Hall–Kier alpha value is -0.530. The summed E-state index contributed by atoms with van der Waals surface area (Å²) in [6, 6.07) is 0. The van der Waals surface area contributed by atoms with Gasteiger partial charge >= 0.3 is 0 Å². The molecule has 58 valence electrons. The summed E-state index contributed by atoms with van der Waals surface area (Å²) in [7, 11) is 0. The van der Waals surface area contributed by atoms with Crippen LogP contribution in [0, 0.1) is 10.6 Å². The maximum Gasteiger partial charge on any atom is 0.172 e. The molecule has 0 aromatic heterocycles. The lowest BCUT2D eigenvalue weighted by Crippen LogP contribution is -2.41. The van der Waals surface area contributed by atoms with E-state index in [2.05, 4.69) is 13.8 Å². The first-order chi connectivity index (χ1) is 4.38. The van der Waals surface area contributed by atoms with E-state index in [0.29, 0.717) is 0 Å². The number of hydrogen-bond donors (Lipinski definition) is 0. The first-order valence-corrected chi connectivity index (χ1v) is 3.68. The Labute approximate surface area is 62.1 Å². The van der Waals surface area contributed by atoms with Gasteiger partial charge in [-0.15, -0.1) is 0 Å². The summed E-state index contributed by atoms with van der Waals surface area (Å²) in [6.07, 6.45) is 2.63. The maximum absolute atomic E-state index is 11.2. The molecular weight excluding hydrogens is 126 g/mol. The molecule has 2 heteroatoms. The average Bonchev–Trinajstić information content (AvgIpc) is 1.94. The van der Waals surface area contributed by atoms with Crippen molar-refractivity contribution < 1.29 is 4.74 Å². The molecule has 1 heterocycles. The van der Waals surface area contributed by atoms with E-state index in [1.165, 1.54) is 0 Å². The largest absolute Gasteiger partial charge is 0.624 e. The fourth-order valence-corrected chi connectivity index (χ4v) is 1.09. The Kier molecular flexibility index (Phi) is 1.32. The molecule has 0 atom stereocenters. The van der Waals surface area contributed by atoms with Gasteiger partial charge < -0.3 is 5.21 Å². The second-order valence-corrected chi connectivity index (χ2v) is 4.16. The number of hydrogen-bond acceptors (Lipinski definition) is 1. The van der Waals surface area contributed by atoms with Crippen molar-refractivity contribution in [3.8, 4) is 0 Å². The van der Waals surface area contributed by atoms with Gasteiger partial charge in [-0.25, -0.2) is 4.74 Å². The quantitative estimate of drug-likeness (QED) is 0.373. The van der Waals surface area contributed by atoms with Gasteiger partial charge in [0, 0.05) is 25.7 Å². The Morgan fingerprint density at radius 2 is 1.80 bits per heavy atom. The number of nitrogens with zero attached hydrogens (tertiary/aromatic N) is 1. The summed E-state index contributed by atoms with van der Waals surface area (Å²) in [4.78, 5) is 0. The second kappa shape index (κ2) is 1.74. The van der Waals surface area contributed by atoms with Crippen molar-refractivity contribution in [1.29, 1.82) is 0 Å². The molecule has 0 bridgehead atoms. The predicted molar refractivity (Wildman–Crippen MR) is 42.2 cm³/mol. The standard InChI is InChI=1S/C8H15NO/c1-7(2)5-6-9(10)8(7,3)4/h6H,5H2,1-4H3. The van der Waals surface area contributed by atoms with Gasteiger partial charge in [-0.2, -0.15) is 0 Å². The van der Waals surface area contributed by atoms with Crippen molar-refractivity contribution in [3.05, 3.63) is 5.21 Å². The molecule has 0 spiro atoms. The molecule has 1 aliphatic rings. The van der Waals surface area contributed by atoms with Gasteiger partial charge in [0.05, 0.1) is 0 Å². The van der Waals surface area contributed by atoms with Crippen molar-refractivity contribution >= 4 is 6.21 Å². The lowest BCUT2D eigenvalue weighted by Gasteiger charge is -2.31. The van der Waals surface area contributed by atoms with Crippen LogP contribution in [0.25, 0.3) is 0 Å². The third kappa shape index (κ3) is 0.746. The van der Waals surface area contributed by atoms with Crippen LogP contribution in [0.5, 0.6) is 0 Å². The molecule has 1 aliphatic heterocycles. The zero-order chi connectivity index (χ0) is 7.99. The van der Waals surface area contributed by atoms with E-state index in [4.69, 9.17) is 0 Å². The van der Waals surface area contributed by atoms with Gasteiger partial charge in [0.25, 0.3) is 0 Å². The minimum Gasteiger partial charge on any atom is -0.624 e. The van der Waals surface area contributed by atoms with Crippen LogP contribution in [0.1, 0.15) is 34.1 Å². The molecule has 0 saturated carbocycles. The monoisotopic (exact) mass is 141 g/mol. The third-order valence-electron chi connectivity index (χ3n) is 2.97. The highest BCUT2D eigenvalue weighted by atomic mass is 16.5. The molecule has 1 rings (SSSR count). The predicted octanol–water partition coefficient (Wildman–Crippen LogP) is 1.78. The average molecular weight is 141 g/mol. The number of rotatable bonds is 0. The minimum absolute atomic E-state index is 0.120. The normalized spacial score (nSPS) is 28.2. The summed E-state index contributed by atoms with van der Waals surface area (Å²) in [5, 5.41) is 11.2. The van der Waals surface area contributed by atoms with E-state index in [1.54, 1.807) is 6.21 Å². The van der Waals surface area contributed by atoms with Gasteiger partial charge in [-0.05, 0) is 0 Å². The number of hydroxylamine groups is 1. The Morgan fingerprint density at radius 1 is 1.30 bits per heavy atom. The first-order valence-electron chi connectivity index (χ1n) is 3.68. The molecule has 2 nitrogen and oxygen atoms in total. The molecule has 0 fully saturated rings. The van der Waals surface area contributed by atoms with Gasteiger partial charge in [0.1, 0.15) is 0 Å². The molecule has 10 heavy (non-hydrogen) atoms. The van der Waals surface area contributed by atoms with E-state index in [0.717, 1.165) is 11.2 Å². The topological polar surface area (TPSA) is 26.1 Å². The highest BCUT2D eigenvalue weighted by Crippen LogP contribution is 2.39. The molecule has 0 amide bonds. The molecular formula is C8H15NO. The second-order valence-electron chi connectivity index (χ2n) is 4.16. The van der Waals surface area contributed by atoms with E-state index in [-0.39, 0.29) is 11.0 Å². The Bertz CT molecular complexity index is 180. The third-order valence-corrected chi connectivity index (χ3v) is 2.97. The van der Waals surface area contributed by atoms with Crippen LogP contribution in [0.15, 0.2) is 0 Å². The summed E-state index contributed by atoms with van der Waals surface area (Å²) < 4.78 is 1.08. The van der Waals surface area contributed by atoms with Crippen molar-refractivity contribution in [2.24, 2.45) is 5.41 Å². The van der Waals surface area contributed by atoms with Crippen LogP contribution in [-0.4, -0.2) is 16.5 Å². The minimum atomic E-state index is -0.229. The van der Waals surface area contributed by atoms with E-state index < -0.39 is 0 Å². The fourth-order valence-electron chi connectivity index (χ4n) is 1.09. The van der Waals surface area contributed by atoms with Crippen molar-refractivity contribution in [1.82, 2.24) is 0 Å². The van der Waals surface area contributed by atoms with E-state index >= 15 is 0 Å². The summed E-state index contributed by atoms with van der Waals surface area (Å²) in [5.74, 6) is 0. The molecule has 0 saturated heterocycles. The Balaban J connectivity index is 2.96. The van der Waals surface area contributed by atoms with Crippen molar-refractivity contribution in [2.75, 3.05) is 0 Å². The van der Waals surface area contributed by atoms with Crippen LogP contribution in [0.3, 0.4) is 0 Å². The van der Waals surface area contributed by atoms with Crippen molar-refractivity contribution in [3.63, 3.8) is 0 Å². The van der Waals surface area contributed by atoms with E-state index in [1.807, 2.05) is 13.8 Å². The van der Waals surface area contributed by atoms with Crippen LogP contribution in [-0.2, 0) is 0 Å². The molecule has 0 unspecified atom stereocenters. The molecule has 0 radical (unpaired) electrons. The van der Waals surface area contributed by atoms with Gasteiger partial charge in [0.15, 0.2) is 11.8 Å². The zero-order valence-corrected chi connectivity index (χ0v) is 7.14. The van der Waals surface area contributed by atoms with Crippen LogP contribution >= 0.6 is 0 Å². The molecule has 0 aromatic rings. The lowest BCUT2D eigenvalue weighted by molar-refractivity contribution is -0.544. The maximum atomic E-state index is 11.2.